The van der Waals surface area contributed by atoms with E-state index < -0.39 is 22.8 Å². The van der Waals surface area contributed by atoms with Gasteiger partial charge in [0.15, 0.2) is 0 Å². The third-order valence-electron chi connectivity index (χ3n) is 4.59. The second-order valence-corrected chi connectivity index (χ2v) is 7.79. The van der Waals surface area contributed by atoms with Crippen molar-refractivity contribution in [3.63, 3.8) is 0 Å². The smallest absolute Gasteiger partial charge is 0.278 e. The van der Waals surface area contributed by atoms with Gasteiger partial charge in [-0.3, -0.25) is 5.01 Å². The van der Waals surface area contributed by atoms with E-state index in [2.05, 4.69) is 10.3 Å². The van der Waals surface area contributed by atoms with Gasteiger partial charge in [-0.05, 0) is 64.8 Å². The van der Waals surface area contributed by atoms with Crippen LogP contribution in [0.3, 0.4) is 0 Å². The predicted molar refractivity (Wildman–Crippen MR) is 87.4 cm³/mol. The van der Waals surface area contributed by atoms with E-state index in [1.165, 1.54) is 12.1 Å². The first-order chi connectivity index (χ1) is 11.3. The van der Waals surface area contributed by atoms with Crippen LogP contribution < -0.4 is 0 Å². The molecule has 0 aromatic heterocycles. The second kappa shape index (κ2) is 6.57. The zero-order valence-corrected chi connectivity index (χ0v) is 15.1. The maximum Gasteiger partial charge on any atom is 0.416 e. The average Bonchev–Trinajstić information content (AvgIpc) is 2.49. The number of piperidine rings is 1. The van der Waals surface area contributed by atoms with Gasteiger partial charge in [0.1, 0.15) is 0 Å². The molecule has 0 amide bonds. The Morgan fingerprint density at radius 1 is 1.08 bits per heavy atom. The van der Waals surface area contributed by atoms with E-state index in [-0.39, 0.29) is 6.04 Å². The van der Waals surface area contributed by atoms with Crippen LogP contribution in [0.4, 0.5) is 18.9 Å². The number of hydrogen-bond acceptors (Lipinski definition) is 3. The Balaban J connectivity index is 2.08. The zero-order chi connectivity index (χ0) is 19.0. The Morgan fingerprint density at radius 2 is 1.56 bits per heavy atom. The number of hydrogen-bond donors (Lipinski definition) is 0. The number of hydroxylamine groups is 2. The van der Waals surface area contributed by atoms with Crippen molar-refractivity contribution in [2.24, 2.45) is 10.3 Å². The molecular formula is C17H24F3N4O. The van der Waals surface area contributed by atoms with Gasteiger partial charge < -0.3 is 0 Å². The van der Waals surface area contributed by atoms with E-state index >= 15 is 0 Å². The molecule has 139 valence electrons. The molecule has 25 heavy (non-hydrogen) atoms. The van der Waals surface area contributed by atoms with Gasteiger partial charge in [0.05, 0.1) is 17.3 Å². The van der Waals surface area contributed by atoms with Crippen molar-refractivity contribution in [1.29, 1.82) is 0 Å². The fourth-order valence-corrected chi connectivity index (χ4v) is 3.39. The summed E-state index contributed by atoms with van der Waals surface area (Å²) in [6.07, 6.45) is -3.11. The van der Waals surface area contributed by atoms with Crippen molar-refractivity contribution >= 4 is 5.69 Å². The third kappa shape index (κ3) is 4.49. The zero-order valence-electron chi connectivity index (χ0n) is 15.1. The van der Waals surface area contributed by atoms with Crippen molar-refractivity contribution in [2.45, 2.75) is 63.8 Å². The molecule has 0 aliphatic carbocycles. The molecule has 0 spiro atoms. The largest absolute Gasteiger partial charge is 0.416 e. The third-order valence-corrected chi connectivity index (χ3v) is 4.59. The second-order valence-electron chi connectivity index (χ2n) is 7.79. The standard InChI is InChI=1S/C17H24F3N4O/c1-15(2)10-14(11-16(3,4)24(15)25)23(5)22-21-13-8-6-12(7-9-13)17(18,19)20/h6-9,14H,10-11H2,1-5H3. The van der Waals surface area contributed by atoms with Gasteiger partial charge in [-0.15, -0.1) is 15.4 Å². The van der Waals surface area contributed by atoms with Crippen LogP contribution in [0.1, 0.15) is 46.1 Å². The molecule has 0 atom stereocenters. The van der Waals surface area contributed by atoms with Crippen LogP contribution in [-0.4, -0.2) is 34.2 Å². The predicted octanol–water partition coefficient (Wildman–Crippen LogP) is 5.00. The van der Waals surface area contributed by atoms with Crippen molar-refractivity contribution < 1.29 is 18.4 Å². The summed E-state index contributed by atoms with van der Waals surface area (Å²) in [5.41, 5.74) is -1.42. The minimum Gasteiger partial charge on any atom is -0.278 e. The number of halogens is 3. The summed E-state index contributed by atoms with van der Waals surface area (Å²) in [7, 11) is 1.77. The van der Waals surface area contributed by atoms with Crippen LogP contribution in [-0.2, 0) is 11.4 Å². The summed E-state index contributed by atoms with van der Waals surface area (Å²) in [5.74, 6) is 0. The van der Waals surface area contributed by atoms with Crippen molar-refractivity contribution in [2.75, 3.05) is 7.05 Å². The molecule has 1 aromatic carbocycles. The monoisotopic (exact) mass is 357 g/mol. The summed E-state index contributed by atoms with van der Waals surface area (Å²) >= 11 is 0. The minimum absolute atomic E-state index is 0.0217. The van der Waals surface area contributed by atoms with E-state index in [9.17, 15) is 18.4 Å². The first-order valence-electron chi connectivity index (χ1n) is 8.12. The Hall–Kier alpha value is -1.67. The van der Waals surface area contributed by atoms with Crippen molar-refractivity contribution in [1.82, 2.24) is 10.1 Å². The highest BCUT2D eigenvalue weighted by Gasteiger charge is 2.47. The Bertz CT molecular complexity index is 608. The summed E-state index contributed by atoms with van der Waals surface area (Å²) in [4.78, 5) is 0. The lowest BCUT2D eigenvalue weighted by Gasteiger charge is -2.51. The highest BCUT2D eigenvalue weighted by Crippen LogP contribution is 2.39. The molecule has 0 N–H and O–H groups in total. The quantitative estimate of drug-likeness (QED) is 0.564. The van der Waals surface area contributed by atoms with Crippen LogP contribution in [0, 0.1) is 0 Å². The Morgan fingerprint density at radius 3 is 2.00 bits per heavy atom. The average molecular weight is 357 g/mol. The molecule has 0 unspecified atom stereocenters. The molecule has 1 aromatic rings. The lowest BCUT2D eigenvalue weighted by Crippen LogP contribution is -2.61. The van der Waals surface area contributed by atoms with Crippen LogP contribution >= 0.6 is 0 Å². The summed E-state index contributed by atoms with van der Waals surface area (Å²) in [5, 5.41) is 23.3. The van der Waals surface area contributed by atoms with Crippen LogP contribution in [0.5, 0.6) is 0 Å². The summed E-state index contributed by atoms with van der Waals surface area (Å²) < 4.78 is 37.7. The molecule has 1 aliphatic heterocycles. The van der Waals surface area contributed by atoms with Gasteiger partial charge in [0.2, 0.25) is 0 Å². The molecule has 8 heteroatoms. The fourth-order valence-electron chi connectivity index (χ4n) is 3.39. The molecule has 1 fully saturated rings. The highest BCUT2D eigenvalue weighted by atomic mass is 19.4. The van der Waals surface area contributed by atoms with E-state index in [0.29, 0.717) is 18.5 Å². The normalized spacial score (nSPS) is 21.6. The van der Waals surface area contributed by atoms with Gasteiger partial charge in [-0.1, -0.05) is 5.22 Å². The minimum atomic E-state index is -4.37. The number of alkyl halides is 3. The lowest BCUT2D eigenvalue weighted by atomic mass is 9.79. The van der Waals surface area contributed by atoms with Crippen LogP contribution in [0.2, 0.25) is 0 Å². The lowest BCUT2D eigenvalue weighted by molar-refractivity contribution is -0.294. The van der Waals surface area contributed by atoms with Gasteiger partial charge in [-0.25, -0.2) is 0 Å². The Kier molecular flexibility index (Phi) is 5.16. The van der Waals surface area contributed by atoms with E-state index in [0.717, 1.165) is 17.2 Å². The van der Waals surface area contributed by atoms with Crippen LogP contribution in [0.15, 0.2) is 34.6 Å². The molecule has 1 aliphatic rings. The highest BCUT2D eigenvalue weighted by molar-refractivity contribution is 5.38. The van der Waals surface area contributed by atoms with Gasteiger partial charge in [0, 0.05) is 18.1 Å². The first kappa shape index (κ1) is 19.7. The first-order valence-corrected chi connectivity index (χ1v) is 8.12. The summed E-state index contributed by atoms with van der Waals surface area (Å²) in [6.45, 7) is 7.59. The van der Waals surface area contributed by atoms with E-state index in [1.54, 1.807) is 12.1 Å². The molecule has 5 nitrogen and oxygen atoms in total. The molecule has 1 heterocycles. The van der Waals surface area contributed by atoms with Gasteiger partial charge >= 0.3 is 6.18 Å². The fraction of sp³-hybridized carbons (Fsp3) is 0.647. The van der Waals surface area contributed by atoms with E-state index in [1.807, 2.05) is 27.7 Å². The van der Waals surface area contributed by atoms with Crippen molar-refractivity contribution in [3.8, 4) is 0 Å². The van der Waals surface area contributed by atoms with Gasteiger partial charge in [0.25, 0.3) is 0 Å². The number of rotatable bonds is 3. The SMILES string of the molecule is CN(N=Nc1ccc(C(F)(F)F)cc1)C1CC(C)(C)N([O])C(C)(C)C1. The molecule has 1 radical (unpaired) electrons. The summed E-state index contributed by atoms with van der Waals surface area (Å²) in [6, 6.07) is 4.56. The van der Waals surface area contributed by atoms with Gasteiger partial charge in [-0.2, -0.15) is 13.2 Å². The maximum absolute atomic E-state index is 12.6. The maximum atomic E-state index is 12.6. The van der Waals surface area contributed by atoms with Crippen molar-refractivity contribution in [3.05, 3.63) is 29.8 Å². The molecule has 0 saturated carbocycles. The number of nitrogens with zero attached hydrogens (tertiary/aromatic N) is 4. The molecular weight excluding hydrogens is 333 g/mol. The molecule has 2 rings (SSSR count). The Labute approximate surface area is 146 Å². The molecule has 1 saturated heterocycles. The van der Waals surface area contributed by atoms with Crippen LogP contribution in [0.25, 0.3) is 0 Å². The number of benzene rings is 1. The molecule has 0 bridgehead atoms. The van der Waals surface area contributed by atoms with E-state index in [4.69, 9.17) is 0 Å². The topological polar surface area (TPSA) is 51.1 Å².